The number of sulfonamides is 1. The number of urea groups is 1. The molecule has 2 aromatic carbocycles. The van der Waals surface area contributed by atoms with Gasteiger partial charge in [0.25, 0.3) is 0 Å². The van der Waals surface area contributed by atoms with Crippen LogP contribution in [-0.4, -0.2) is 32.8 Å². The van der Waals surface area contributed by atoms with E-state index in [0.717, 1.165) is 27.4 Å². The standard InChI is InChI=1S/C20H27N3O3S/c1-6-18(16-10-7-14(2)8-11-16)21-20(24)22-19-13-17(12-9-15(19)3)27(25,26)23(4)5/h7-13,18H,6H2,1-5H3,(H2,21,22,24). The minimum atomic E-state index is -3.57. The van der Waals surface area contributed by atoms with Gasteiger partial charge < -0.3 is 10.6 Å². The quantitative estimate of drug-likeness (QED) is 0.788. The first-order valence-corrected chi connectivity index (χ1v) is 10.3. The molecule has 0 bridgehead atoms. The highest BCUT2D eigenvalue weighted by molar-refractivity contribution is 7.89. The van der Waals surface area contributed by atoms with Crippen molar-refractivity contribution in [1.82, 2.24) is 9.62 Å². The summed E-state index contributed by atoms with van der Waals surface area (Å²) in [6.45, 7) is 5.84. The van der Waals surface area contributed by atoms with Crippen LogP contribution in [0, 0.1) is 13.8 Å². The van der Waals surface area contributed by atoms with Crippen molar-refractivity contribution in [3.63, 3.8) is 0 Å². The van der Waals surface area contributed by atoms with Crippen LogP contribution in [0.2, 0.25) is 0 Å². The molecule has 0 aliphatic heterocycles. The molecule has 2 N–H and O–H groups in total. The summed E-state index contributed by atoms with van der Waals surface area (Å²) in [5.41, 5.74) is 3.44. The van der Waals surface area contributed by atoms with E-state index in [1.807, 2.05) is 45.0 Å². The van der Waals surface area contributed by atoms with E-state index in [-0.39, 0.29) is 17.0 Å². The highest BCUT2D eigenvalue weighted by Crippen LogP contribution is 2.23. The molecule has 0 radical (unpaired) electrons. The lowest BCUT2D eigenvalue weighted by atomic mass is 10.0. The van der Waals surface area contributed by atoms with Crippen molar-refractivity contribution in [3.05, 3.63) is 59.2 Å². The minimum Gasteiger partial charge on any atom is -0.331 e. The van der Waals surface area contributed by atoms with Gasteiger partial charge in [0.15, 0.2) is 0 Å². The number of nitrogens with one attached hydrogen (secondary N) is 2. The van der Waals surface area contributed by atoms with Crippen molar-refractivity contribution in [2.75, 3.05) is 19.4 Å². The third kappa shape index (κ3) is 5.08. The van der Waals surface area contributed by atoms with Gasteiger partial charge >= 0.3 is 6.03 Å². The number of aryl methyl sites for hydroxylation is 2. The van der Waals surface area contributed by atoms with Crippen molar-refractivity contribution in [1.29, 1.82) is 0 Å². The first-order chi connectivity index (χ1) is 12.6. The number of amides is 2. The zero-order valence-electron chi connectivity index (χ0n) is 16.4. The molecule has 2 rings (SSSR count). The Bertz CT molecular complexity index is 907. The second-order valence-electron chi connectivity index (χ2n) is 6.73. The fraction of sp³-hybridized carbons (Fsp3) is 0.350. The van der Waals surface area contributed by atoms with E-state index in [0.29, 0.717) is 5.69 Å². The molecule has 2 amide bonds. The van der Waals surface area contributed by atoms with Gasteiger partial charge in [-0.2, -0.15) is 0 Å². The Labute approximate surface area is 161 Å². The second-order valence-corrected chi connectivity index (χ2v) is 8.89. The summed E-state index contributed by atoms with van der Waals surface area (Å²) in [5, 5.41) is 5.72. The Hall–Kier alpha value is -2.38. The van der Waals surface area contributed by atoms with E-state index < -0.39 is 10.0 Å². The van der Waals surface area contributed by atoms with Gasteiger partial charge in [0.05, 0.1) is 10.9 Å². The first-order valence-electron chi connectivity index (χ1n) is 8.82. The van der Waals surface area contributed by atoms with Gasteiger partial charge in [-0.25, -0.2) is 17.5 Å². The molecule has 0 saturated carbocycles. The maximum absolute atomic E-state index is 12.5. The molecule has 0 aliphatic rings. The SMILES string of the molecule is CCC(NC(=O)Nc1cc(S(=O)(=O)N(C)C)ccc1C)c1ccc(C)cc1. The number of nitrogens with zero attached hydrogens (tertiary/aromatic N) is 1. The number of carbonyl (C=O) groups is 1. The molecular weight excluding hydrogens is 362 g/mol. The fourth-order valence-corrected chi connectivity index (χ4v) is 3.57. The zero-order chi connectivity index (χ0) is 20.2. The third-order valence-corrected chi connectivity index (χ3v) is 6.24. The molecule has 0 aromatic heterocycles. The number of anilines is 1. The summed E-state index contributed by atoms with van der Waals surface area (Å²) in [5.74, 6) is 0. The van der Waals surface area contributed by atoms with Crippen molar-refractivity contribution in [2.45, 2.75) is 38.1 Å². The van der Waals surface area contributed by atoms with Gasteiger partial charge in [-0.05, 0) is 43.5 Å². The summed E-state index contributed by atoms with van der Waals surface area (Å²) in [4.78, 5) is 12.6. The molecule has 6 nitrogen and oxygen atoms in total. The molecule has 0 saturated heterocycles. The van der Waals surface area contributed by atoms with Gasteiger partial charge in [-0.1, -0.05) is 42.8 Å². The molecule has 146 valence electrons. The van der Waals surface area contributed by atoms with Crippen LogP contribution < -0.4 is 10.6 Å². The maximum Gasteiger partial charge on any atom is 0.319 e. The normalized spacial score (nSPS) is 12.7. The largest absolute Gasteiger partial charge is 0.331 e. The van der Waals surface area contributed by atoms with E-state index in [9.17, 15) is 13.2 Å². The number of carbonyl (C=O) groups excluding carboxylic acids is 1. The Morgan fingerprint density at radius 1 is 1.07 bits per heavy atom. The van der Waals surface area contributed by atoms with E-state index in [1.54, 1.807) is 6.07 Å². The molecule has 0 aliphatic carbocycles. The predicted octanol–water partition coefficient (Wildman–Crippen LogP) is 3.83. The van der Waals surface area contributed by atoms with Crippen LogP contribution in [0.5, 0.6) is 0 Å². The molecule has 2 aromatic rings. The molecule has 27 heavy (non-hydrogen) atoms. The van der Waals surface area contributed by atoms with Crippen LogP contribution in [0.15, 0.2) is 47.4 Å². The number of hydrogen-bond acceptors (Lipinski definition) is 3. The van der Waals surface area contributed by atoms with Gasteiger partial charge in [-0.3, -0.25) is 0 Å². The Morgan fingerprint density at radius 2 is 1.70 bits per heavy atom. The maximum atomic E-state index is 12.5. The first kappa shape index (κ1) is 20.9. The van der Waals surface area contributed by atoms with Gasteiger partial charge in [0, 0.05) is 19.8 Å². The molecule has 0 spiro atoms. The van der Waals surface area contributed by atoms with Crippen LogP contribution >= 0.6 is 0 Å². The summed E-state index contributed by atoms with van der Waals surface area (Å²) in [7, 11) is -0.616. The lowest BCUT2D eigenvalue weighted by Crippen LogP contribution is -2.32. The topological polar surface area (TPSA) is 78.5 Å². The van der Waals surface area contributed by atoms with Crippen molar-refractivity contribution in [2.24, 2.45) is 0 Å². The molecule has 1 atom stereocenters. The van der Waals surface area contributed by atoms with E-state index in [4.69, 9.17) is 0 Å². The number of hydrogen-bond donors (Lipinski definition) is 2. The highest BCUT2D eigenvalue weighted by Gasteiger charge is 2.19. The predicted molar refractivity (Wildman–Crippen MR) is 108 cm³/mol. The summed E-state index contributed by atoms with van der Waals surface area (Å²) < 4.78 is 25.8. The molecule has 1 unspecified atom stereocenters. The monoisotopic (exact) mass is 389 g/mol. The summed E-state index contributed by atoms with van der Waals surface area (Å²) in [6.07, 6.45) is 0.741. The smallest absolute Gasteiger partial charge is 0.319 e. The van der Waals surface area contributed by atoms with E-state index in [1.165, 1.54) is 26.2 Å². The summed E-state index contributed by atoms with van der Waals surface area (Å²) in [6, 6.07) is 12.2. The average molecular weight is 390 g/mol. The Morgan fingerprint density at radius 3 is 2.26 bits per heavy atom. The molecular formula is C20H27N3O3S. The van der Waals surface area contributed by atoms with Gasteiger partial charge in [-0.15, -0.1) is 0 Å². The van der Waals surface area contributed by atoms with Crippen LogP contribution in [0.25, 0.3) is 0 Å². The Balaban J connectivity index is 2.18. The van der Waals surface area contributed by atoms with Crippen LogP contribution in [0.3, 0.4) is 0 Å². The number of rotatable bonds is 6. The lowest BCUT2D eigenvalue weighted by Gasteiger charge is -2.19. The molecule has 7 heteroatoms. The van der Waals surface area contributed by atoms with Crippen LogP contribution in [-0.2, 0) is 10.0 Å². The second kappa shape index (κ2) is 8.54. The van der Waals surface area contributed by atoms with E-state index >= 15 is 0 Å². The highest BCUT2D eigenvalue weighted by atomic mass is 32.2. The van der Waals surface area contributed by atoms with Crippen molar-refractivity contribution < 1.29 is 13.2 Å². The minimum absolute atomic E-state index is 0.125. The lowest BCUT2D eigenvalue weighted by molar-refractivity contribution is 0.248. The van der Waals surface area contributed by atoms with Crippen LogP contribution in [0.1, 0.15) is 36.1 Å². The summed E-state index contributed by atoms with van der Waals surface area (Å²) >= 11 is 0. The fourth-order valence-electron chi connectivity index (χ4n) is 2.64. The number of benzene rings is 2. The zero-order valence-corrected chi connectivity index (χ0v) is 17.2. The van der Waals surface area contributed by atoms with Crippen LogP contribution in [0.4, 0.5) is 10.5 Å². The van der Waals surface area contributed by atoms with Gasteiger partial charge in [0.1, 0.15) is 0 Å². The van der Waals surface area contributed by atoms with Crippen molar-refractivity contribution in [3.8, 4) is 0 Å². The Kier molecular flexibility index (Phi) is 6.62. The van der Waals surface area contributed by atoms with Gasteiger partial charge in [0.2, 0.25) is 10.0 Å². The van der Waals surface area contributed by atoms with E-state index in [2.05, 4.69) is 10.6 Å². The van der Waals surface area contributed by atoms with Crippen molar-refractivity contribution >= 4 is 21.7 Å². The third-order valence-electron chi connectivity index (χ3n) is 4.43. The molecule has 0 heterocycles. The average Bonchev–Trinajstić information content (AvgIpc) is 2.62. The molecule has 0 fully saturated rings.